The molecule has 0 atom stereocenters. The lowest BCUT2D eigenvalue weighted by molar-refractivity contribution is 0.799. The largest absolute Gasteiger partial charge is 0.398 e. The molecule has 0 spiro atoms. The molecule has 1 aromatic heterocycles. The van der Waals surface area contributed by atoms with Crippen molar-refractivity contribution in [1.82, 2.24) is 9.55 Å². The van der Waals surface area contributed by atoms with Crippen molar-refractivity contribution < 1.29 is 0 Å². The molecule has 1 heterocycles. The van der Waals surface area contributed by atoms with Gasteiger partial charge in [-0.05, 0) is 17.7 Å². The van der Waals surface area contributed by atoms with Crippen LogP contribution in [0.1, 0.15) is 5.56 Å². The SMILES string of the molecule is Nc1cc(Cl)ccc1Cn1ccnc1. The van der Waals surface area contributed by atoms with E-state index in [1.54, 1.807) is 18.6 Å². The lowest BCUT2D eigenvalue weighted by Crippen LogP contribution is -2.00. The predicted octanol–water partition coefficient (Wildman–Crippen LogP) is 2.17. The monoisotopic (exact) mass is 207 g/mol. The normalized spacial score (nSPS) is 10.4. The van der Waals surface area contributed by atoms with E-state index in [0.29, 0.717) is 10.7 Å². The topological polar surface area (TPSA) is 43.8 Å². The molecule has 72 valence electrons. The highest BCUT2D eigenvalue weighted by Gasteiger charge is 2.00. The van der Waals surface area contributed by atoms with Crippen LogP contribution in [0.25, 0.3) is 0 Å². The van der Waals surface area contributed by atoms with Crippen molar-refractivity contribution in [2.45, 2.75) is 6.54 Å². The number of nitrogen functional groups attached to an aromatic ring is 1. The van der Waals surface area contributed by atoms with E-state index >= 15 is 0 Å². The van der Waals surface area contributed by atoms with Crippen molar-refractivity contribution in [1.29, 1.82) is 0 Å². The Bertz CT molecular complexity index is 423. The van der Waals surface area contributed by atoms with Gasteiger partial charge in [0, 0.05) is 23.1 Å². The summed E-state index contributed by atoms with van der Waals surface area (Å²) in [5, 5.41) is 0.664. The molecule has 0 saturated carbocycles. The molecule has 14 heavy (non-hydrogen) atoms. The van der Waals surface area contributed by atoms with Gasteiger partial charge in [-0.3, -0.25) is 0 Å². The molecule has 0 radical (unpaired) electrons. The van der Waals surface area contributed by atoms with Gasteiger partial charge in [-0.1, -0.05) is 17.7 Å². The maximum atomic E-state index is 5.82. The number of rotatable bonds is 2. The maximum absolute atomic E-state index is 5.82. The van der Waals surface area contributed by atoms with Gasteiger partial charge in [0.05, 0.1) is 12.9 Å². The van der Waals surface area contributed by atoms with E-state index in [9.17, 15) is 0 Å². The van der Waals surface area contributed by atoms with Gasteiger partial charge in [0.25, 0.3) is 0 Å². The Morgan fingerprint density at radius 3 is 2.93 bits per heavy atom. The van der Waals surface area contributed by atoms with E-state index < -0.39 is 0 Å². The van der Waals surface area contributed by atoms with Gasteiger partial charge in [0.2, 0.25) is 0 Å². The number of hydrogen-bond donors (Lipinski definition) is 1. The molecule has 0 unspecified atom stereocenters. The third-order valence-electron chi connectivity index (χ3n) is 2.02. The van der Waals surface area contributed by atoms with Gasteiger partial charge in [-0.15, -0.1) is 0 Å². The van der Waals surface area contributed by atoms with E-state index in [-0.39, 0.29) is 0 Å². The van der Waals surface area contributed by atoms with Crippen LogP contribution in [0.3, 0.4) is 0 Å². The van der Waals surface area contributed by atoms with E-state index in [2.05, 4.69) is 4.98 Å². The summed E-state index contributed by atoms with van der Waals surface area (Å²) in [4.78, 5) is 3.96. The predicted molar refractivity (Wildman–Crippen MR) is 57.2 cm³/mol. The zero-order valence-corrected chi connectivity index (χ0v) is 8.28. The highest BCUT2D eigenvalue weighted by Crippen LogP contribution is 2.18. The molecule has 0 amide bonds. The first-order valence-electron chi connectivity index (χ1n) is 4.25. The molecule has 2 N–H and O–H groups in total. The van der Waals surface area contributed by atoms with Crippen LogP contribution in [-0.4, -0.2) is 9.55 Å². The molecule has 0 bridgehead atoms. The Kier molecular flexibility index (Phi) is 2.41. The van der Waals surface area contributed by atoms with E-state index in [1.165, 1.54) is 0 Å². The van der Waals surface area contributed by atoms with Crippen LogP contribution < -0.4 is 5.73 Å². The van der Waals surface area contributed by atoms with Gasteiger partial charge in [-0.2, -0.15) is 0 Å². The Balaban J connectivity index is 2.25. The quantitative estimate of drug-likeness (QED) is 0.767. The van der Waals surface area contributed by atoms with Crippen LogP contribution >= 0.6 is 11.6 Å². The summed E-state index contributed by atoms with van der Waals surface area (Å²) in [5.41, 5.74) is 7.58. The molecule has 3 nitrogen and oxygen atoms in total. The Labute approximate surface area is 87.1 Å². The van der Waals surface area contributed by atoms with E-state index in [1.807, 2.05) is 22.9 Å². The highest BCUT2D eigenvalue weighted by molar-refractivity contribution is 6.30. The third kappa shape index (κ3) is 1.88. The van der Waals surface area contributed by atoms with Gasteiger partial charge in [0.1, 0.15) is 0 Å². The molecule has 0 fully saturated rings. The number of halogens is 1. The number of nitrogens with zero attached hydrogens (tertiary/aromatic N) is 2. The van der Waals surface area contributed by atoms with Crippen LogP contribution in [0.2, 0.25) is 5.02 Å². The maximum Gasteiger partial charge on any atom is 0.0949 e. The minimum atomic E-state index is 0.664. The lowest BCUT2D eigenvalue weighted by atomic mass is 10.2. The molecule has 2 aromatic rings. The number of benzene rings is 1. The van der Waals surface area contributed by atoms with Crippen molar-refractivity contribution in [3.05, 3.63) is 47.5 Å². The number of nitrogens with two attached hydrogens (primary N) is 1. The summed E-state index contributed by atoms with van der Waals surface area (Å²) < 4.78 is 1.96. The van der Waals surface area contributed by atoms with Gasteiger partial charge >= 0.3 is 0 Å². The first-order valence-corrected chi connectivity index (χ1v) is 4.63. The van der Waals surface area contributed by atoms with Crippen LogP contribution in [0.4, 0.5) is 5.69 Å². The highest BCUT2D eigenvalue weighted by atomic mass is 35.5. The first kappa shape index (κ1) is 9.09. The summed E-state index contributed by atoms with van der Waals surface area (Å²) in [6.45, 7) is 0.725. The molecule has 0 aliphatic heterocycles. The first-order chi connectivity index (χ1) is 6.75. The molecular weight excluding hydrogens is 198 g/mol. The molecule has 2 rings (SSSR count). The average molecular weight is 208 g/mol. The zero-order chi connectivity index (χ0) is 9.97. The second-order valence-electron chi connectivity index (χ2n) is 3.08. The van der Waals surface area contributed by atoms with Crippen LogP contribution in [0.5, 0.6) is 0 Å². The van der Waals surface area contributed by atoms with Crippen molar-refractivity contribution >= 4 is 17.3 Å². The summed E-state index contributed by atoms with van der Waals surface area (Å²) in [7, 11) is 0. The van der Waals surface area contributed by atoms with Crippen molar-refractivity contribution in [2.24, 2.45) is 0 Å². The molecule has 0 aliphatic rings. The minimum absolute atomic E-state index is 0.664. The third-order valence-corrected chi connectivity index (χ3v) is 2.26. The Hall–Kier alpha value is -1.48. The minimum Gasteiger partial charge on any atom is -0.398 e. The van der Waals surface area contributed by atoms with Gasteiger partial charge in [-0.25, -0.2) is 4.98 Å². The van der Waals surface area contributed by atoms with Crippen LogP contribution in [0.15, 0.2) is 36.9 Å². The van der Waals surface area contributed by atoms with Crippen LogP contribution in [0, 0.1) is 0 Å². The van der Waals surface area contributed by atoms with Crippen molar-refractivity contribution in [2.75, 3.05) is 5.73 Å². The van der Waals surface area contributed by atoms with Crippen molar-refractivity contribution in [3.63, 3.8) is 0 Å². The zero-order valence-electron chi connectivity index (χ0n) is 7.52. The van der Waals surface area contributed by atoms with E-state index in [0.717, 1.165) is 12.1 Å². The lowest BCUT2D eigenvalue weighted by Gasteiger charge is -2.06. The van der Waals surface area contributed by atoms with Crippen molar-refractivity contribution in [3.8, 4) is 0 Å². The second-order valence-corrected chi connectivity index (χ2v) is 3.51. The summed E-state index contributed by atoms with van der Waals surface area (Å²) >= 11 is 5.80. The smallest absolute Gasteiger partial charge is 0.0949 e. The number of imidazole rings is 1. The van der Waals surface area contributed by atoms with Gasteiger partial charge in [0.15, 0.2) is 0 Å². The number of anilines is 1. The molecule has 4 heteroatoms. The van der Waals surface area contributed by atoms with E-state index in [4.69, 9.17) is 17.3 Å². The fraction of sp³-hybridized carbons (Fsp3) is 0.100. The number of hydrogen-bond acceptors (Lipinski definition) is 2. The summed E-state index contributed by atoms with van der Waals surface area (Å²) in [6, 6.07) is 5.52. The fourth-order valence-electron chi connectivity index (χ4n) is 1.29. The fourth-order valence-corrected chi connectivity index (χ4v) is 1.47. The Morgan fingerprint density at radius 1 is 1.43 bits per heavy atom. The molecule has 1 aromatic carbocycles. The van der Waals surface area contributed by atoms with Gasteiger partial charge < -0.3 is 10.3 Å². The molecular formula is C10H10ClN3. The van der Waals surface area contributed by atoms with Crippen LogP contribution in [-0.2, 0) is 6.54 Å². The average Bonchev–Trinajstić information content (AvgIpc) is 2.62. The summed E-state index contributed by atoms with van der Waals surface area (Å²) in [6.07, 6.45) is 5.40. The Morgan fingerprint density at radius 2 is 2.29 bits per heavy atom. The molecule has 0 aliphatic carbocycles. The summed E-state index contributed by atoms with van der Waals surface area (Å²) in [5.74, 6) is 0. The standard InChI is InChI=1S/C10H10ClN3/c11-9-2-1-8(10(12)5-9)6-14-4-3-13-7-14/h1-5,7H,6,12H2. The number of aromatic nitrogens is 2. The second kappa shape index (κ2) is 3.72. The molecule has 0 saturated heterocycles.